The number of carbonyl (C=O) groups excluding carboxylic acids is 2. The number of piperidine rings is 1. The third kappa shape index (κ3) is 2.48. The Bertz CT molecular complexity index is 589. The number of aromatic nitrogens is 2. The topological polar surface area (TPSA) is 144 Å². The molecule has 1 unspecified atom stereocenters. The molecular formula is C10H12N6O4. The first kappa shape index (κ1) is 13.6. The molecule has 1 aromatic rings. The van der Waals surface area contributed by atoms with Crippen molar-refractivity contribution in [1.82, 2.24) is 14.9 Å². The van der Waals surface area contributed by atoms with Crippen LogP contribution in [0.25, 0.3) is 0 Å². The summed E-state index contributed by atoms with van der Waals surface area (Å²) in [5.74, 6) is -1.04. The van der Waals surface area contributed by atoms with Crippen molar-refractivity contribution in [3.63, 3.8) is 0 Å². The Morgan fingerprint density at radius 2 is 2.25 bits per heavy atom. The van der Waals surface area contributed by atoms with Crippen LogP contribution in [0.4, 0.5) is 17.5 Å². The number of amides is 2. The fourth-order valence-corrected chi connectivity index (χ4v) is 1.84. The van der Waals surface area contributed by atoms with Gasteiger partial charge in [0.05, 0.1) is 4.92 Å². The largest absolute Gasteiger partial charge is 0.368 e. The van der Waals surface area contributed by atoms with Gasteiger partial charge in [0.15, 0.2) is 0 Å². The number of anilines is 2. The van der Waals surface area contributed by atoms with Gasteiger partial charge in [-0.15, -0.1) is 0 Å². The Morgan fingerprint density at radius 3 is 2.90 bits per heavy atom. The highest BCUT2D eigenvalue weighted by molar-refractivity contribution is 6.01. The highest BCUT2D eigenvalue weighted by Gasteiger charge is 2.33. The number of rotatable bonds is 3. The van der Waals surface area contributed by atoms with E-state index in [9.17, 15) is 19.7 Å². The Labute approximate surface area is 113 Å². The van der Waals surface area contributed by atoms with Gasteiger partial charge in [-0.05, 0) is 6.42 Å². The van der Waals surface area contributed by atoms with Crippen molar-refractivity contribution < 1.29 is 14.5 Å². The first-order chi connectivity index (χ1) is 9.40. The smallest absolute Gasteiger partial charge is 0.329 e. The van der Waals surface area contributed by atoms with Gasteiger partial charge in [0.1, 0.15) is 12.2 Å². The monoisotopic (exact) mass is 280 g/mol. The molecule has 1 aliphatic rings. The summed E-state index contributed by atoms with van der Waals surface area (Å²) in [7, 11) is 1.36. The molecule has 1 aromatic heterocycles. The summed E-state index contributed by atoms with van der Waals surface area (Å²) in [5.41, 5.74) is 5.00. The third-order valence-electron chi connectivity index (χ3n) is 2.95. The van der Waals surface area contributed by atoms with Gasteiger partial charge in [-0.3, -0.25) is 24.6 Å². The van der Waals surface area contributed by atoms with E-state index in [0.717, 1.165) is 11.1 Å². The van der Waals surface area contributed by atoms with Crippen molar-refractivity contribution in [2.24, 2.45) is 0 Å². The highest BCUT2D eigenvalue weighted by Crippen LogP contribution is 2.24. The van der Waals surface area contributed by atoms with Crippen LogP contribution in [0.15, 0.2) is 6.20 Å². The lowest BCUT2D eigenvalue weighted by molar-refractivity contribution is -0.384. The molecule has 106 valence electrons. The van der Waals surface area contributed by atoms with Gasteiger partial charge >= 0.3 is 5.69 Å². The van der Waals surface area contributed by atoms with Crippen LogP contribution in [0.3, 0.4) is 0 Å². The summed E-state index contributed by atoms with van der Waals surface area (Å²) >= 11 is 0. The third-order valence-corrected chi connectivity index (χ3v) is 2.95. The van der Waals surface area contributed by atoms with E-state index in [0.29, 0.717) is 0 Å². The fourth-order valence-electron chi connectivity index (χ4n) is 1.84. The van der Waals surface area contributed by atoms with Gasteiger partial charge in [-0.2, -0.15) is 4.98 Å². The van der Waals surface area contributed by atoms with Gasteiger partial charge in [0, 0.05) is 13.5 Å². The number of nitro groups is 1. The number of hydrogen-bond acceptors (Lipinski definition) is 8. The van der Waals surface area contributed by atoms with E-state index < -0.39 is 16.9 Å². The van der Waals surface area contributed by atoms with Crippen molar-refractivity contribution in [1.29, 1.82) is 0 Å². The lowest BCUT2D eigenvalue weighted by Gasteiger charge is -2.28. The van der Waals surface area contributed by atoms with Crippen LogP contribution < -0.4 is 11.1 Å². The van der Waals surface area contributed by atoms with Gasteiger partial charge < -0.3 is 11.1 Å². The molecule has 2 amide bonds. The molecular weight excluding hydrogens is 268 g/mol. The summed E-state index contributed by atoms with van der Waals surface area (Å²) < 4.78 is 0. The molecule has 0 bridgehead atoms. The maximum Gasteiger partial charge on any atom is 0.329 e. The molecule has 0 saturated carbocycles. The van der Waals surface area contributed by atoms with Crippen molar-refractivity contribution in [2.75, 3.05) is 18.1 Å². The van der Waals surface area contributed by atoms with Gasteiger partial charge in [-0.1, -0.05) is 0 Å². The maximum absolute atomic E-state index is 11.9. The van der Waals surface area contributed by atoms with Gasteiger partial charge in [0.2, 0.25) is 17.7 Å². The lowest BCUT2D eigenvalue weighted by Crippen LogP contribution is -2.48. The zero-order chi connectivity index (χ0) is 14.9. The zero-order valence-corrected chi connectivity index (χ0v) is 10.6. The number of nitrogens with one attached hydrogen (secondary N) is 1. The van der Waals surface area contributed by atoms with E-state index in [1.54, 1.807) is 0 Å². The number of likely N-dealkylation sites (tertiary alicyclic amines) is 1. The van der Waals surface area contributed by atoms with Crippen LogP contribution in [0.2, 0.25) is 0 Å². The van der Waals surface area contributed by atoms with Crippen LogP contribution in [-0.4, -0.2) is 44.7 Å². The van der Waals surface area contributed by atoms with Gasteiger partial charge in [0.25, 0.3) is 5.91 Å². The van der Waals surface area contributed by atoms with Crippen LogP contribution in [0.5, 0.6) is 0 Å². The minimum atomic E-state index is -0.759. The van der Waals surface area contributed by atoms with E-state index in [2.05, 4.69) is 15.3 Å². The quantitative estimate of drug-likeness (QED) is 0.429. The summed E-state index contributed by atoms with van der Waals surface area (Å²) in [6.45, 7) is 0. The molecule has 1 saturated heterocycles. The lowest BCUT2D eigenvalue weighted by atomic mass is 10.0. The van der Waals surface area contributed by atoms with Crippen LogP contribution in [0, 0.1) is 10.1 Å². The Kier molecular flexibility index (Phi) is 3.46. The van der Waals surface area contributed by atoms with Crippen LogP contribution in [0.1, 0.15) is 12.8 Å². The molecule has 1 atom stereocenters. The number of carbonyl (C=O) groups is 2. The van der Waals surface area contributed by atoms with Crippen molar-refractivity contribution in [3.05, 3.63) is 16.3 Å². The molecule has 20 heavy (non-hydrogen) atoms. The second-order valence-electron chi connectivity index (χ2n) is 4.25. The van der Waals surface area contributed by atoms with E-state index >= 15 is 0 Å². The number of likely N-dealkylation sites (N-methyl/N-ethyl adjacent to an activating group) is 1. The zero-order valence-electron chi connectivity index (χ0n) is 10.6. The molecule has 0 spiro atoms. The Balaban J connectivity index is 2.26. The number of nitrogen functional groups attached to an aromatic ring is 1. The van der Waals surface area contributed by atoms with Gasteiger partial charge in [-0.25, -0.2) is 4.98 Å². The van der Waals surface area contributed by atoms with Crippen molar-refractivity contribution in [2.45, 2.75) is 18.9 Å². The Hall–Kier alpha value is -2.78. The summed E-state index contributed by atoms with van der Waals surface area (Å²) in [6.07, 6.45) is 1.38. The minimum absolute atomic E-state index is 0.136. The molecule has 3 N–H and O–H groups in total. The van der Waals surface area contributed by atoms with E-state index in [1.807, 2.05) is 0 Å². The predicted molar refractivity (Wildman–Crippen MR) is 67.5 cm³/mol. The molecule has 1 fully saturated rings. The van der Waals surface area contributed by atoms with Crippen molar-refractivity contribution >= 4 is 29.3 Å². The molecule has 0 aromatic carbocycles. The average molecular weight is 280 g/mol. The highest BCUT2D eigenvalue weighted by atomic mass is 16.6. The van der Waals surface area contributed by atoms with Crippen LogP contribution in [-0.2, 0) is 9.59 Å². The maximum atomic E-state index is 11.9. The molecule has 0 aliphatic carbocycles. The van der Waals surface area contributed by atoms with E-state index in [-0.39, 0.29) is 36.2 Å². The van der Waals surface area contributed by atoms with E-state index in [1.165, 1.54) is 7.05 Å². The van der Waals surface area contributed by atoms with Crippen molar-refractivity contribution in [3.8, 4) is 0 Å². The average Bonchev–Trinajstić information content (AvgIpc) is 2.39. The van der Waals surface area contributed by atoms with E-state index in [4.69, 9.17) is 5.73 Å². The second-order valence-corrected chi connectivity index (χ2v) is 4.25. The molecule has 2 rings (SSSR count). The minimum Gasteiger partial charge on any atom is -0.368 e. The SMILES string of the molecule is CN1C(=O)CCC(Nc2nc(N)ncc2[N+](=O)[O-])C1=O. The molecule has 10 nitrogen and oxygen atoms in total. The molecule has 1 aliphatic heterocycles. The molecule has 10 heteroatoms. The first-order valence-corrected chi connectivity index (χ1v) is 5.74. The number of nitrogens with two attached hydrogens (primary N) is 1. The molecule has 2 heterocycles. The second kappa shape index (κ2) is 5.07. The fraction of sp³-hybridized carbons (Fsp3) is 0.400. The van der Waals surface area contributed by atoms with Crippen LogP contribution >= 0.6 is 0 Å². The normalized spacial score (nSPS) is 19.1. The predicted octanol–water partition coefficient (Wildman–Crippen LogP) is -0.474. The summed E-state index contributed by atoms with van der Waals surface area (Å²) in [4.78, 5) is 41.7. The molecule has 0 radical (unpaired) electrons. The number of hydrogen-bond donors (Lipinski definition) is 2. The number of imide groups is 1. The standard InChI is InChI=1S/C10H12N6O4/c1-15-7(17)3-2-5(9(15)18)13-8-6(16(19)20)4-12-10(11)14-8/h4-5H,2-3H2,1H3,(H3,11,12,13,14). The Morgan fingerprint density at radius 1 is 1.55 bits per heavy atom. The first-order valence-electron chi connectivity index (χ1n) is 5.74. The summed E-state index contributed by atoms with van der Waals surface area (Å²) in [6, 6.07) is -0.759. The summed E-state index contributed by atoms with van der Waals surface area (Å²) in [5, 5.41) is 13.5. The number of nitrogens with zero attached hydrogens (tertiary/aromatic N) is 4.